The molecule has 0 aliphatic heterocycles. The Hall–Kier alpha value is -2.37. The molecule has 1 fully saturated rings. The topological polar surface area (TPSA) is 74.5 Å². The molecule has 0 bridgehead atoms. The van der Waals surface area contributed by atoms with Crippen LogP contribution in [0.4, 0.5) is 0 Å². The van der Waals surface area contributed by atoms with Crippen molar-refractivity contribution < 1.29 is 18.8 Å². The molecule has 2 aromatic rings. The van der Waals surface area contributed by atoms with Gasteiger partial charge >= 0.3 is 5.97 Å². The second-order valence-electron chi connectivity index (χ2n) is 5.99. The Kier molecular flexibility index (Phi) is 3.83. The number of rotatable bonds is 5. The third-order valence-corrected chi connectivity index (χ3v) is 4.28. The minimum atomic E-state index is -0.579. The number of nitrogens with zero attached hydrogens (tertiary/aromatic N) is 2. The first-order valence-corrected chi connectivity index (χ1v) is 7.63. The number of carbonyl (C=O) groups excluding carboxylic acids is 1. The van der Waals surface area contributed by atoms with Crippen molar-refractivity contribution in [1.82, 2.24) is 10.1 Å². The number of benzene rings is 1. The molecule has 0 saturated heterocycles. The third-order valence-electron chi connectivity index (χ3n) is 4.28. The van der Waals surface area contributed by atoms with E-state index in [0.717, 1.165) is 29.7 Å². The van der Waals surface area contributed by atoms with Gasteiger partial charge in [-0.2, -0.15) is 4.98 Å². The zero-order chi connectivity index (χ0) is 16.6. The first kappa shape index (κ1) is 15.5. The van der Waals surface area contributed by atoms with Gasteiger partial charge in [0.05, 0.1) is 12.5 Å². The maximum absolute atomic E-state index is 12.6. The van der Waals surface area contributed by atoms with Crippen LogP contribution >= 0.6 is 0 Å². The zero-order valence-electron chi connectivity index (χ0n) is 13.8. The summed E-state index contributed by atoms with van der Waals surface area (Å²) in [6.45, 7) is 5.43. The van der Waals surface area contributed by atoms with Crippen molar-refractivity contribution in [2.75, 3.05) is 7.11 Å². The number of ether oxygens (including phenoxy) is 2. The number of hydrogen-bond acceptors (Lipinski definition) is 6. The molecular weight excluding hydrogens is 296 g/mol. The fourth-order valence-corrected chi connectivity index (χ4v) is 2.66. The summed E-state index contributed by atoms with van der Waals surface area (Å²) in [5.74, 6) is 1.36. The molecule has 0 amide bonds. The summed E-state index contributed by atoms with van der Waals surface area (Å²) in [7, 11) is 1.63. The molecule has 1 atom stereocenters. The van der Waals surface area contributed by atoms with Crippen molar-refractivity contribution in [3.8, 4) is 5.75 Å². The summed E-state index contributed by atoms with van der Waals surface area (Å²) in [5, 5.41) is 3.72. The summed E-state index contributed by atoms with van der Waals surface area (Å²) in [6.07, 6.45) is 0.981. The molecule has 122 valence electrons. The number of carbonyl (C=O) groups is 1. The number of aromatic nitrogens is 2. The molecular formula is C17H20N2O4. The van der Waals surface area contributed by atoms with Crippen molar-refractivity contribution in [3.63, 3.8) is 0 Å². The van der Waals surface area contributed by atoms with E-state index < -0.39 is 11.5 Å². The molecule has 0 spiro atoms. The Morgan fingerprint density at radius 3 is 2.65 bits per heavy atom. The summed E-state index contributed by atoms with van der Waals surface area (Å²) < 4.78 is 16.0. The highest BCUT2D eigenvalue weighted by Gasteiger charge is 2.53. The van der Waals surface area contributed by atoms with E-state index in [0.29, 0.717) is 11.7 Å². The molecule has 0 radical (unpaired) electrons. The minimum absolute atomic E-state index is 0.258. The number of hydrogen-bond donors (Lipinski definition) is 0. The molecule has 6 nitrogen and oxygen atoms in total. The van der Waals surface area contributed by atoms with Crippen molar-refractivity contribution in [2.45, 2.75) is 45.1 Å². The number of esters is 1. The summed E-state index contributed by atoms with van der Waals surface area (Å²) in [4.78, 5) is 16.8. The lowest BCUT2D eigenvalue weighted by Gasteiger charge is -2.18. The number of aryl methyl sites for hydroxylation is 2. The van der Waals surface area contributed by atoms with E-state index in [1.807, 2.05) is 25.1 Å². The highest BCUT2D eigenvalue weighted by Crippen LogP contribution is 2.50. The van der Waals surface area contributed by atoms with Crippen LogP contribution in [0.25, 0.3) is 0 Å². The molecule has 1 heterocycles. The molecule has 1 aliphatic rings. The molecule has 1 unspecified atom stereocenters. The molecule has 0 N–H and O–H groups in total. The predicted molar refractivity (Wildman–Crippen MR) is 82.2 cm³/mol. The standard InChI is InChI=1S/C17H20N2O4/c1-10-5-6-13(9-14(10)21-4)17(7-8-17)16(20)22-11(2)15-18-12(3)19-23-15/h5-6,9,11H,7-8H2,1-4H3. The fourth-order valence-electron chi connectivity index (χ4n) is 2.66. The van der Waals surface area contributed by atoms with Crippen LogP contribution in [-0.4, -0.2) is 23.2 Å². The second-order valence-corrected chi connectivity index (χ2v) is 5.99. The lowest BCUT2D eigenvalue weighted by atomic mass is 9.94. The average Bonchev–Trinajstić information content (AvgIpc) is 3.23. The van der Waals surface area contributed by atoms with Crippen LogP contribution in [0.15, 0.2) is 22.7 Å². The van der Waals surface area contributed by atoms with Crippen molar-refractivity contribution in [3.05, 3.63) is 41.0 Å². The van der Waals surface area contributed by atoms with E-state index in [2.05, 4.69) is 10.1 Å². The monoisotopic (exact) mass is 316 g/mol. The lowest BCUT2D eigenvalue weighted by Crippen LogP contribution is -2.24. The van der Waals surface area contributed by atoms with Crippen LogP contribution in [0.1, 0.15) is 48.7 Å². The van der Waals surface area contributed by atoms with Gasteiger partial charge < -0.3 is 14.0 Å². The van der Waals surface area contributed by atoms with Crippen LogP contribution in [0.2, 0.25) is 0 Å². The van der Waals surface area contributed by atoms with Crippen LogP contribution in [0.3, 0.4) is 0 Å². The van der Waals surface area contributed by atoms with Gasteiger partial charge in [0.25, 0.3) is 5.89 Å². The Morgan fingerprint density at radius 2 is 2.09 bits per heavy atom. The van der Waals surface area contributed by atoms with E-state index >= 15 is 0 Å². The highest BCUT2D eigenvalue weighted by molar-refractivity contribution is 5.87. The largest absolute Gasteiger partial charge is 0.496 e. The Labute approximate surface area is 134 Å². The van der Waals surface area contributed by atoms with Gasteiger partial charge in [-0.15, -0.1) is 0 Å². The van der Waals surface area contributed by atoms with Crippen molar-refractivity contribution >= 4 is 5.97 Å². The maximum Gasteiger partial charge on any atom is 0.317 e. The molecule has 23 heavy (non-hydrogen) atoms. The molecule has 3 rings (SSSR count). The minimum Gasteiger partial charge on any atom is -0.496 e. The van der Waals surface area contributed by atoms with Crippen molar-refractivity contribution in [1.29, 1.82) is 0 Å². The average molecular weight is 316 g/mol. The predicted octanol–water partition coefficient (Wildman–Crippen LogP) is 3.03. The number of methoxy groups -OCH3 is 1. The van der Waals surface area contributed by atoms with Crippen LogP contribution in [0, 0.1) is 13.8 Å². The molecule has 1 saturated carbocycles. The van der Waals surface area contributed by atoms with Gasteiger partial charge in [-0.1, -0.05) is 17.3 Å². The van der Waals surface area contributed by atoms with Gasteiger partial charge in [-0.05, 0) is 50.8 Å². The normalized spacial score (nSPS) is 16.7. The summed E-state index contributed by atoms with van der Waals surface area (Å²) in [5.41, 5.74) is 1.39. The van der Waals surface area contributed by atoms with E-state index in [1.54, 1.807) is 21.0 Å². The van der Waals surface area contributed by atoms with Gasteiger partial charge in [0, 0.05) is 0 Å². The summed E-state index contributed by atoms with van der Waals surface area (Å²) in [6, 6.07) is 5.85. The zero-order valence-corrected chi connectivity index (χ0v) is 13.8. The smallest absolute Gasteiger partial charge is 0.317 e. The van der Waals surface area contributed by atoms with E-state index in [1.165, 1.54) is 0 Å². The van der Waals surface area contributed by atoms with Gasteiger partial charge in [0.2, 0.25) is 0 Å². The van der Waals surface area contributed by atoms with Crippen molar-refractivity contribution in [2.24, 2.45) is 0 Å². The molecule has 1 aliphatic carbocycles. The Balaban J connectivity index is 1.79. The summed E-state index contributed by atoms with van der Waals surface area (Å²) >= 11 is 0. The van der Waals surface area contributed by atoms with Gasteiger partial charge in [0.1, 0.15) is 5.75 Å². The SMILES string of the molecule is COc1cc(C2(C(=O)OC(C)c3nc(C)no3)CC2)ccc1C. The van der Waals surface area contributed by atoms with E-state index in [4.69, 9.17) is 14.0 Å². The molecule has 6 heteroatoms. The fraction of sp³-hybridized carbons (Fsp3) is 0.471. The first-order valence-electron chi connectivity index (χ1n) is 7.63. The maximum atomic E-state index is 12.6. The lowest BCUT2D eigenvalue weighted by molar-refractivity contribution is -0.153. The van der Waals surface area contributed by atoms with E-state index in [-0.39, 0.29) is 5.97 Å². The Bertz CT molecular complexity index is 734. The van der Waals surface area contributed by atoms with Gasteiger partial charge in [0.15, 0.2) is 11.9 Å². The van der Waals surface area contributed by atoms with Crippen LogP contribution in [-0.2, 0) is 14.9 Å². The molecule has 1 aromatic carbocycles. The first-order chi connectivity index (χ1) is 11.0. The quantitative estimate of drug-likeness (QED) is 0.789. The van der Waals surface area contributed by atoms with Gasteiger partial charge in [-0.25, -0.2) is 0 Å². The van der Waals surface area contributed by atoms with Crippen LogP contribution < -0.4 is 4.74 Å². The van der Waals surface area contributed by atoms with Crippen LogP contribution in [0.5, 0.6) is 5.75 Å². The van der Waals surface area contributed by atoms with E-state index in [9.17, 15) is 4.79 Å². The Morgan fingerprint density at radius 1 is 1.35 bits per heavy atom. The molecule has 1 aromatic heterocycles. The van der Waals surface area contributed by atoms with Gasteiger partial charge in [-0.3, -0.25) is 4.79 Å². The highest BCUT2D eigenvalue weighted by atomic mass is 16.6. The second kappa shape index (κ2) is 5.68. The third kappa shape index (κ3) is 2.81.